The van der Waals surface area contributed by atoms with Crippen LogP contribution in [0.5, 0.6) is 0 Å². The quantitative estimate of drug-likeness (QED) is 0.605. The average Bonchev–Trinajstić information content (AvgIpc) is 2.82. The van der Waals surface area contributed by atoms with Crippen LogP contribution in [0.15, 0.2) is 34.8 Å². The molecule has 1 heterocycles. The molecular weight excluding hydrogens is 352 g/mol. The third-order valence-corrected chi connectivity index (χ3v) is 4.86. The van der Waals surface area contributed by atoms with E-state index in [0.29, 0.717) is 17.1 Å². The predicted molar refractivity (Wildman–Crippen MR) is 89.9 cm³/mol. The monoisotopic (exact) mass is 368 g/mol. The minimum absolute atomic E-state index is 0.107. The van der Waals surface area contributed by atoms with Gasteiger partial charge < -0.3 is 5.32 Å². The molecule has 0 radical (unpaired) electrons. The van der Waals surface area contributed by atoms with Crippen LogP contribution >= 0.6 is 27.3 Å². The van der Waals surface area contributed by atoms with Crippen LogP contribution < -0.4 is 5.32 Å². The zero-order valence-corrected chi connectivity index (χ0v) is 14.3. The van der Waals surface area contributed by atoms with Crippen molar-refractivity contribution in [2.45, 2.75) is 32.9 Å². The van der Waals surface area contributed by atoms with Gasteiger partial charge in [-0.1, -0.05) is 6.07 Å². The molecule has 2 aromatic rings. The van der Waals surface area contributed by atoms with Gasteiger partial charge in [0, 0.05) is 28.4 Å². The van der Waals surface area contributed by atoms with Gasteiger partial charge in [-0.3, -0.25) is 10.1 Å². The smallest absolute Gasteiger partial charge is 0.283 e. The Morgan fingerprint density at radius 3 is 2.76 bits per heavy atom. The van der Waals surface area contributed by atoms with Crippen LogP contribution in [0.3, 0.4) is 0 Å². The van der Waals surface area contributed by atoms with Gasteiger partial charge in [-0.05, 0) is 60.0 Å². The molecule has 0 saturated carbocycles. The van der Waals surface area contributed by atoms with E-state index < -0.39 is 0 Å². The van der Waals surface area contributed by atoms with Gasteiger partial charge in [0.05, 0.1) is 9.40 Å². The maximum Gasteiger partial charge on any atom is 0.283 e. The van der Waals surface area contributed by atoms with E-state index in [2.05, 4.69) is 47.2 Å². The van der Waals surface area contributed by atoms with Crippen molar-refractivity contribution in [3.63, 3.8) is 0 Å². The number of nitrogens with zero attached hydrogens (tertiary/aromatic N) is 1. The van der Waals surface area contributed by atoms with E-state index in [9.17, 15) is 10.1 Å². The molecule has 21 heavy (non-hydrogen) atoms. The normalized spacial score (nSPS) is 12.3. The van der Waals surface area contributed by atoms with Crippen molar-refractivity contribution in [1.29, 1.82) is 0 Å². The van der Waals surface area contributed by atoms with Gasteiger partial charge in [-0.25, -0.2) is 0 Å². The molecule has 4 nitrogen and oxygen atoms in total. The van der Waals surface area contributed by atoms with Gasteiger partial charge in [-0.2, -0.15) is 0 Å². The minimum Gasteiger partial charge on any atom is -0.310 e. The standard InChI is InChI=1S/C15H17BrN2O2S/c1-10(7-13-5-3-11(2)21-13)17-9-12-4-6-14(16)15(8-12)18(19)20/h3-6,8,10,17H,7,9H2,1-2H3. The van der Waals surface area contributed by atoms with Crippen molar-refractivity contribution in [2.75, 3.05) is 0 Å². The number of rotatable bonds is 6. The number of hydrogen-bond acceptors (Lipinski definition) is 4. The van der Waals surface area contributed by atoms with Crippen molar-refractivity contribution in [2.24, 2.45) is 0 Å². The summed E-state index contributed by atoms with van der Waals surface area (Å²) in [5.41, 5.74) is 1.02. The van der Waals surface area contributed by atoms with Gasteiger partial charge in [0.25, 0.3) is 5.69 Å². The third kappa shape index (κ3) is 4.62. The third-order valence-electron chi connectivity index (χ3n) is 3.17. The highest BCUT2D eigenvalue weighted by atomic mass is 79.9. The van der Waals surface area contributed by atoms with Crippen molar-refractivity contribution in [3.8, 4) is 0 Å². The number of benzene rings is 1. The first-order chi connectivity index (χ1) is 9.95. The molecule has 112 valence electrons. The predicted octanol–water partition coefficient (Wildman–Crippen LogP) is 4.45. The summed E-state index contributed by atoms with van der Waals surface area (Å²) < 4.78 is 0.512. The Kier molecular flexibility index (Phi) is 5.50. The highest BCUT2D eigenvalue weighted by molar-refractivity contribution is 9.10. The second-order valence-corrected chi connectivity index (χ2v) is 7.27. The Balaban J connectivity index is 1.93. The van der Waals surface area contributed by atoms with Crippen molar-refractivity contribution in [1.82, 2.24) is 5.32 Å². The molecule has 6 heteroatoms. The molecule has 0 amide bonds. The first-order valence-corrected chi connectivity index (χ1v) is 8.28. The first-order valence-electron chi connectivity index (χ1n) is 6.67. The fraction of sp³-hybridized carbons (Fsp3) is 0.333. The Labute approximate surface area is 136 Å². The van der Waals surface area contributed by atoms with Crippen LogP contribution in [-0.4, -0.2) is 11.0 Å². The van der Waals surface area contributed by atoms with Crippen molar-refractivity contribution < 1.29 is 4.92 Å². The van der Waals surface area contributed by atoms with Gasteiger partial charge in [0.15, 0.2) is 0 Å². The summed E-state index contributed by atoms with van der Waals surface area (Å²) >= 11 is 5.01. The molecule has 0 saturated heterocycles. The molecule has 0 spiro atoms. The van der Waals surface area contributed by atoms with Gasteiger partial charge in [0.1, 0.15) is 0 Å². The number of halogens is 1. The van der Waals surface area contributed by atoms with E-state index in [0.717, 1.165) is 12.0 Å². The van der Waals surface area contributed by atoms with Crippen LogP contribution in [0, 0.1) is 17.0 Å². The number of nitrogens with one attached hydrogen (secondary N) is 1. The summed E-state index contributed by atoms with van der Waals surface area (Å²) in [6.07, 6.45) is 0.969. The van der Waals surface area contributed by atoms with Crippen LogP contribution in [0.2, 0.25) is 0 Å². The number of nitro benzene ring substituents is 1. The van der Waals surface area contributed by atoms with Crippen LogP contribution in [0.1, 0.15) is 22.2 Å². The molecule has 1 aromatic heterocycles. The van der Waals surface area contributed by atoms with E-state index in [1.165, 1.54) is 9.75 Å². The van der Waals surface area contributed by atoms with E-state index >= 15 is 0 Å². The molecule has 2 rings (SSSR count). The Hall–Kier alpha value is -1.24. The average molecular weight is 369 g/mol. The lowest BCUT2D eigenvalue weighted by Gasteiger charge is -2.13. The lowest BCUT2D eigenvalue weighted by Crippen LogP contribution is -2.27. The summed E-state index contributed by atoms with van der Waals surface area (Å²) in [6, 6.07) is 9.84. The largest absolute Gasteiger partial charge is 0.310 e. The van der Waals surface area contributed by atoms with E-state index in [4.69, 9.17) is 0 Å². The minimum atomic E-state index is -0.370. The van der Waals surface area contributed by atoms with Crippen molar-refractivity contribution >= 4 is 33.0 Å². The summed E-state index contributed by atoms with van der Waals surface area (Å²) in [4.78, 5) is 13.2. The summed E-state index contributed by atoms with van der Waals surface area (Å²) in [5.74, 6) is 0. The summed E-state index contributed by atoms with van der Waals surface area (Å²) in [6.45, 7) is 4.86. The number of aryl methyl sites for hydroxylation is 1. The molecule has 0 fully saturated rings. The van der Waals surface area contributed by atoms with E-state index in [-0.39, 0.29) is 10.6 Å². The second kappa shape index (κ2) is 7.15. The lowest BCUT2D eigenvalue weighted by molar-refractivity contribution is -0.385. The van der Waals surface area contributed by atoms with Gasteiger partial charge in [0.2, 0.25) is 0 Å². The van der Waals surface area contributed by atoms with Crippen LogP contribution in [0.4, 0.5) is 5.69 Å². The maximum absolute atomic E-state index is 10.9. The first kappa shape index (κ1) is 16.1. The molecule has 1 N–H and O–H groups in total. The van der Waals surface area contributed by atoms with Gasteiger partial charge in [-0.15, -0.1) is 11.3 Å². The second-order valence-electron chi connectivity index (χ2n) is 5.04. The fourth-order valence-corrected chi connectivity index (χ4v) is 3.48. The topological polar surface area (TPSA) is 55.2 Å². The zero-order valence-electron chi connectivity index (χ0n) is 11.9. The van der Waals surface area contributed by atoms with E-state index in [1.807, 2.05) is 17.4 Å². The van der Waals surface area contributed by atoms with Crippen LogP contribution in [0.25, 0.3) is 0 Å². The molecular formula is C15H17BrN2O2S. The lowest BCUT2D eigenvalue weighted by atomic mass is 10.1. The van der Waals surface area contributed by atoms with Crippen LogP contribution in [-0.2, 0) is 13.0 Å². The summed E-state index contributed by atoms with van der Waals surface area (Å²) in [7, 11) is 0. The molecule has 0 bridgehead atoms. The zero-order chi connectivity index (χ0) is 15.4. The Morgan fingerprint density at radius 2 is 2.14 bits per heavy atom. The molecule has 0 aliphatic carbocycles. The molecule has 0 aliphatic heterocycles. The summed E-state index contributed by atoms with van der Waals surface area (Å²) in [5, 5.41) is 14.3. The highest BCUT2D eigenvalue weighted by Crippen LogP contribution is 2.25. The molecule has 1 unspecified atom stereocenters. The highest BCUT2D eigenvalue weighted by Gasteiger charge is 2.12. The number of thiophene rings is 1. The Morgan fingerprint density at radius 1 is 1.38 bits per heavy atom. The SMILES string of the molecule is Cc1ccc(CC(C)NCc2ccc(Br)c([N+](=O)[O-])c2)s1. The Bertz CT molecular complexity index is 642. The molecule has 0 aliphatic rings. The number of hydrogen-bond donors (Lipinski definition) is 1. The fourth-order valence-electron chi connectivity index (χ4n) is 2.07. The molecule has 1 aromatic carbocycles. The van der Waals surface area contributed by atoms with Crippen molar-refractivity contribution in [3.05, 3.63) is 60.2 Å². The molecule has 1 atom stereocenters. The van der Waals surface area contributed by atoms with Gasteiger partial charge >= 0.3 is 0 Å². The maximum atomic E-state index is 10.9. The van der Waals surface area contributed by atoms with E-state index in [1.54, 1.807) is 12.1 Å². The number of nitro groups is 1.